The summed E-state index contributed by atoms with van der Waals surface area (Å²) in [5, 5.41) is 14.3. The van der Waals surface area contributed by atoms with Gasteiger partial charge in [-0.2, -0.15) is 0 Å². The molecular formula is C31H31N7O9. The van der Waals surface area contributed by atoms with Crippen LogP contribution >= 0.6 is 0 Å². The maximum Gasteiger partial charge on any atom is 0.356 e. The van der Waals surface area contributed by atoms with E-state index >= 15 is 0 Å². The summed E-state index contributed by atoms with van der Waals surface area (Å²) in [5.74, 6) is -3.85. The van der Waals surface area contributed by atoms with Gasteiger partial charge in [0.1, 0.15) is 29.4 Å². The van der Waals surface area contributed by atoms with Gasteiger partial charge in [0.25, 0.3) is 11.8 Å². The SMILES string of the molecule is COC(=O)c1ccc(NC(=O)c2ccc(NC(=O)c3ccc(N)c(OCCCN)n3)c(OCc3ccccc3)n2)c(OCC(=O)O)n1. The van der Waals surface area contributed by atoms with Crippen LogP contribution in [0.5, 0.6) is 17.6 Å². The van der Waals surface area contributed by atoms with Gasteiger partial charge < -0.3 is 46.2 Å². The summed E-state index contributed by atoms with van der Waals surface area (Å²) in [6, 6.07) is 17.3. The maximum absolute atomic E-state index is 13.3. The summed E-state index contributed by atoms with van der Waals surface area (Å²) in [4.78, 5) is 62.0. The van der Waals surface area contributed by atoms with Gasteiger partial charge in [-0.15, -0.1) is 0 Å². The van der Waals surface area contributed by atoms with Crippen molar-refractivity contribution in [1.29, 1.82) is 0 Å². The summed E-state index contributed by atoms with van der Waals surface area (Å²) in [5.41, 5.74) is 12.2. The average Bonchev–Trinajstić information content (AvgIpc) is 3.08. The van der Waals surface area contributed by atoms with Crippen molar-refractivity contribution in [2.75, 3.05) is 43.2 Å². The highest BCUT2D eigenvalue weighted by Crippen LogP contribution is 2.27. The Morgan fingerprint density at radius 1 is 0.745 bits per heavy atom. The number of pyridine rings is 3. The largest absolute Gasteiger partial charge is 0.479 e. The summed E-state index contributed by atoms with van der Waals surface area (Å²) in [6.45, 7) is -0.0740. The molecule has 1 aromatic carbocycles. The van der Waals surface area contributed by atoms with Crippen molar-refractivity contribution in [2.45, 2.75) is 13.0 Å². The lowest BCUT2D eigenvalue weighted by atomic mass is 10.2. The van der Waals surface area contributed by atoms with Crippen LogP contribution in [0.4, 0.5) is 17.1 Å². The molecule has 4 rings (SSSR count). The number of nitrogens with zero attached hydrogens (tertiary/aromatic N) is 3. The zero-order chi connectivity index (χ0) is 33.8. The third-order valence-electron chi connectivity index (χ3n) is 6.10. The fraction of sp³-hybridized carbons (Fsp3) is 0.194. The molecule has 16 nitrogen and oxygen atoms in total. The molecule has 0 fully saturated rings. The maximum atomic E-state index is 13.3. The lowest BCUT2D eigenvalue weighted by Gasteiger charge is -2.15. The molecule has 0 aliphatic heterocycles. The summed E-state index contributed by atoms with van der Waals surface area (Å²) < 4.78 is 21.3. The topological polar surface area (TPSA) is 240 Å². The van der Waals surface area contributed by atoms with Gasteiger partial charge in [0.05, 0.1) is 19.4 Å². The van der Waals surface area contributed by atoms with E-state index in [1.54, 1.807) is 0 Å². The molecule has 2 amide bonds. The van der Waals surface area contributed by atoms with Crippen LogP contribution in [0, 0.1) is 0 Å². The highest BCUT2D eigenvalue weighted by atomic mass is 16.5. The van der Waals surface area contributed by atoms with Crippen molar-refractivity contribution >= 4 is 40.8 Å². The molecule has 0 unspecified atom stereocenters. The van der Waals surface area contributed by atoms with Gasteiger partial charge in [0.15, 0.2) is 12.3 Å². The van der Waals surface area contributed by atoms with E-state index in [4.69, 9.17) is 30.8 Å². The molecule has 4 aromatic rings. The van der Waals surface area contributed by atoms with Crippen LogP contribution in [-0.4, -0.2) is 70.7 Å². The number of nitrogens with one attached hydrogen (secondary N) is 2. The molecule has 47 heavy (non-hydrogen) atoms. The van der Waals surface area contributed by atoms with E-state index in [0.717, 1.165) is 12.7 Å². The molecule has 0 radical (unpaired) electrons. The molecule has 3 aromatic heterocycles. The zero-order valence-electron chi connectivity index (χ0n) is 25.1. The molecular weight excluding hydrogens is 614 g/mol. The number of nitrogen functional groups attached to an aromatic ring is 1. The highest BCUT2D eigenvalue weighted by Gasteiger charge is 2.20. The minimum Gasteiger partial charge on any atom is -0.479 e. The zero-order valence-corrected chi connectivity index (χ0v) is 25.1. The second-order valence-corrected chi connectivity index (χ2v) is 9.54. The van der Waals surface area contributed by atoms with E-state index in [0.29, 0.717) is 13.0 Å². The van der Waals surface area contributed by atoms with Gasteiger partial charge in [-0.25, -0.2) is 24.5 Å². The number of hydrogen-bond donors (Lipinski definition) is 5. The Labute approximate surface area is 268 Å². The van der Waals surface area contributed by atoms with Gasteiger partial charge in [-0.05, 0) is 54.9 Å². The minimum absolute atomic E-state index is 0.00503. The van der Waals surface area contributed by atoms with Crippen LogP contribution in [0.25, 0.3) is 0 Å². The number of carboxylic acids is 1. The number of ether oxygens (including phenoxy) is 4. The van der Waals surface area contributed by atoms with E-state index in [1.807, 2.05) is 30.3 Å². The second-order valence-electron chi connectivity index (χ2n) is 9.54. The number of aliphatic carboxylic acids is 1. The van der Waals surface area contributed by atoms with Crippen molar-refractivity contribution < 1.29 is 43.2 Å². The molecule has 0 bridgehead atoms. The third-order valence-corrected chi connectivity index (χ3v) is 6.10. The Morgan fingerprint density at radius 2 is 1.32 bits per heavy atom. The van der Waals surface area contributed by atoms with E-state index in [2.05, 4.69) is 30.3 Å². The molecule has 0 aliphatic carbocycles. The first kappa shape index (κ1) is 33.6. The number of anilines is 3. The van der Waals surface area contributed by atoms with E-state index < -0.39 is 30.4 Å². The van der Waals surface area contributed by atoms with Crippen LogP contribution in [0.2, 0.25) is 0 Å². The number of amides is 2. The van der Waals surface area contributed by atoms with Gasteiger partial charge >= 0.3 is 11.9 Å². The Hall–Kier alpha value is -6.29. The minimum atomic E-state index is -1.31. The quantitative estimate of drug-likeness (QED) is 0.0922. The van der Waals surface area contributed by atoms with Crippen LogP contribution < -0.4 is 36.3 Å². The summed E-state index contributed by atoms with van der Waals surface area (Å²) in [7, 11) is 1.15. The number of methoxy groups -OCH3 is 1. The standard InChI is InChI=1S/C31H31N7O9/c1-44-31(43)24-13-12-23(30(38-24)47-17-25(39)40)35-27(42)21-10-11-22(29(37-21)46-16-18-6-3-2-4-7-18)34-26(41)20-9-8-19(33)28(36-20)45-15-5-14-32/h2-4,6-13H,5,14-17,32-33H2,1H3,(H,34,41)(H,35,42)(H,39,40). The molecule has 16 heteroatoms. The van der Waals surface area contributed by atoms with Crippen LogP contribution in [-0.2, 0) is 16.1 Å². The van der Waals surface area contributed by atoms with E-state index in [-0.39, 0.29) is 65.0 Å². The summed E-state index contributed by atoms with van der Waals surface area (Å²) >= 11 is 0. The molecule has 0 aliphatic rings. The van der Waals surface area contributed by atoms with Crippen LogP contribution in [0.3, 0.4) is 0 Å². The first-order chi connectivity index (χ1) is 22.7. The predicted octanol–water partition coefficient (Wildman–Crippen LogP) is 2.51. The molecule has 0 atom stereocenters. The fourth-order valence-electron chi connectivity index (χ4n) is 3.81. The van der Waals surface area contributed by atoms with E-state index in [1.165, 1.54) is 36.4 Å². The number of rotatable bonds is 15. The van der Waals surface area contributed by atoms with Crippen molar-refractivity contribution in [3.05, 3.63) is 89.4 Å². The average molecular weight is 646 g/mol. The lowest BCUT2D eigenvalue weighted by molar-refractivity contribution is -0.139. The van der Waals surface area contributed by atoms with Crippen molar-refractivity contribution in [1.82, 2.24) is 15.0 Å². The molecule has 0 saturated heterocycles. The number of aromatic nitrogens is 3. The number of carboxylic acid groups (broad SMARTS) is 1. The third kappa shape index (κ3) is 9.35. The highest BCUT2D eigenvalue weighted by molar-refractivity contribution is 6.06. The van der Waals surface area contributed by atoms with Crippen LogP contribution in [0.15, 0.2) is 66.7 Å². The van der Waals surface area contributed by atoms with Crippen molar-refractivity contribution in [2.24, 2.45) is 5.73 Å². The monoisotopic (exact) mass is 645 g/mol. The van der Waals surface area contributed by atoms with E-state index in [9.17, 15) is 19.2 Å². The Balaban J connectivity index is 1.60. The Bertz CT molecular complexity index is 1750. The number of benzene rings is 1. The predicted molar refractivity (Wildman–Crippen MR) is 167 cm³/mol. The van der Waals surface area contributed by atoms with Gasteiger partial charge in [-0.3, -0.25) is 9.59 Å². The first-order valence-corrected chi connectivity index (χ1v) is 14.0. The van der Waals surface area contributed by atoms with Gasteiger partial charge in [-0.1, -0.05) is 30.3 Å². The van der Waals surface area contributed by atoms with Crippen molar-refractivity contribution in [3.8, 4) is 17.6 Å². The molecule has 0 saturated carbocycles. The summed E-state index contributed by atoms with van der Waals surface area (Å²) in [6.07, 6.45) is 0.567. The number of carbonyl (C=O) groups excluding carboxylic acids is 3. The van der Waals surface area contributed by atoms with Gasteiger partial charge in [0, 0.05) is 0 Å². The number of hydrogen-bond acceptors (Lipinski definition) is 13. The first-order valence-electron chi connectivity index (χ1n) is 14.0. The number of esters is 1. The second kappa shape index (κ2) is 16.1. The van der Waals surface area contributed by atoms with Crippen LogP contribution in [0.1, 0.15) is 43.4 Å². The molecule has 7 N–H and O–H groups in total. The van der Waals surface area contributed by atoms with Gasteiger partial charge in [0.2, 0.25) is 17.6 Å². The molecule has 244 valence electrons. The molecule has 3 heterocycles. The lowest BCUT2D eigenvalue weighted by Crippen LogP contribution is -2.19. The Kier molecular flexibility index (Phi) is 11.5. The Morgan fingerprint density at radius 3 is 1.94 bits per heavy atom. The smallest absolute Gasteiger partial charge is 0.356 e. The normalized spacial score (nSPS) is 10.4. The number of carbonyl (C=O) groups is 4. The van der Waals surface area contributed by atoms with Crippen molar-refractivity contribution in [3.63, 3.8) is 0 Å². The fourth-order valence-corrected chi connectivity index (χ4v) is 3.81. The number of nitrogens with two attached hydrogens (primary N) is 2. The molecule has 0 spiro atoms.